The molecule has 0 atom stereocenters. The second-order valence-corrected chi connectivity index (χ2v) is 8.03. The van der Waals surface area contributed by atoms with Gasteiger partial charge in [-0.3, -0.25) is 4.79 Å². The van der Waals surface area contributed by atoms with E-state index in [1.54, 1.807) is 48.7 Å². The number of carbonyl (C=O) groups excluding carboxylic acids is 1. The van der Waals surface area contributed by atoms with E-state index in [1.165, 1.54) is 12.1 Å². The largest absolute Gasteiger partial charge is 0.497 e. The minimum absolute atomic E-state index is 0.0973. The van der Waals surface area contributed by atoms with E-state index in [0.29, 0.717) is 42.7 Å². The molecule has 0 radical (unpaired) electrons. The zero-order valence-corrected chi connectivity index (χ0v) is 17.7. The van der Waals surface area contributed by atoms with Crippen molar-refractivity contribution in [3.63, 3.8) is 0 Å². The molecule has 1 aromatic heterocycles. The summed E-state index contributed by atoms with van der Waals surface area (Å²) < 4.78 is 45.6. The molecule has 8 heteroatoms. The number of nitrogens with zero attached hydrogens (tertiary/aromatic N) is 3. The lowest BCUT2D eigenvalue weighted by molar-refractivity contribution is -0.137. The second kappa shape index (κ2) is 9.06. The highest BCUT2D eigenvalue weighted by Gasteiger charge is 2.30. The van der Waals surface area contributed by atoms with Crippen molar-refractivity contribution in [2.24, 2.45) is 5.92 Å². The molecule has 0 bridgehead atoms. The van der Waals surface area contributed by atoms with Gasteiger partial charge in [-0.15, -0.1) is 0 Å². The minimum atomic E-state index is -4.36. The molecule has 0 aliphatic heterocycles. The molecule has 0 N–H and O–H groups in total. The van der Waals surface area contributed by atoms with Crippen molar-refractivity contribution in [3.05, 3.63) is 83.4 Å². The lowest BCUT2D eigenvalue weighted by atomic mass is 10.1. The third kappa shape index (κ3) is 5.30. The van der Waals surface area contributed by atoms with Gasteiger partial charge < -0.3 is 14.2 Å². The fraction of sp³-hybridized carbons (Fsp3) is 0.333. The van der Waals surface area contributed by atoms with Crippen molar-refractivity contribution in [2.75, 3.05) is 13.7 Å². The zero-order chi connectivity index (χ0) is 22.7. The van der Waals surface area contributed by atoms with Crippen LogP contribution in [0.25, 0.3) is 0 Å². The van der Waals surface area contributed by atoms with Crippen LogP contribution in [0.15, 0.2) is 60.9 Å². The van der Waals surface area contributed by atoms with Gasteiger partial charge in [0.2, 0.25) is 0 Å². The Morgan fingerprint density at radius 3 is 2.59 bits per heavy atom. The standard InChI is InChI=1S/C24H24F3N3O2/c1-32-21-4-2-3-19(13-21)23(31)30(15-17-5-6-17)16-22-28-11-12-29(22)14-18-7-9-20(10-8-18)24(25,26)27/h2-4,7-13,17H,5-6,14-16H2,1H3. The van der Waals surface area contributed by atoms with E-state index in [-0.39, 0.29) is 5.91 Å². The summed E-state index contributed by atoms with van der Waals surface area (Å²) in [5.41, 5.74) is 0.600. The molecule has 1 heterocycles. The number of amides is 1. The Morgan fingerprint density at radius 1 is 1.19 bits per heavy atom. The van der Waals surface area contributed by atoms with E-state index in [9.17, 15) is 18.0 Å². The molecule has 0 spiro atoms. The van der Waals surface area contributed by atoms with Crippen LogP contribution < -0.4 is 4.74 Å². The van der Waals surface area contributed by atoms with Gasteiger partial charge in [-0.1, -0.05) is 18.2 Å². The number of aromatic nitrogens is 2. The highest BCUT2D eigenvalue weighted by Crippen LogP contribution is 2.31. The first-order valence-corrected chi connectivity index (χ1v) is 10.4. The number of alkyl halides is 3. The van der Waals surface area contributed by atoms with E-state index in [2.05, 4.69) is 4.98 Å². The molecule has 0 unspecified atom stereocenters. The summed E-state index contributed by atoms with van der Waals surface area (Å²) in [6.07, 6.45) is 1.26. The van der Waals surface area contributed by atoms with Crippen molar-refractivity contribution in [1.82, 2.24) is 14.5 Å². The Labute approximate surface area is 184 Å². The molecule has 32 heavy (non-hydrogen) atoms. The maximum Gasteiger partial charge on any atom is 0.416 e. The van der Waals surface area contributed by atoms with Crippen LogP contribution in [0.2, 0.25) is 0 Å². The number of hydrogen-bond donors (Lipinski definition) is 0. The highest BCUT2D eigenvalue weighted by atomic mass is 19.4. The first-order valence-electron chi connectivity index (χ1n) is 10.4. The summed E-state index contributed by atoms with van der Waals surface area (Å²) in [7, 11) is 1.56. The molecular weight excluding hydrogens is 419 g/mol. The Bertz CT molecular complexity index is 1070. The highest BCUT2D eigenvalue weighted by molar-refractivity contribution is 5.94. The maximum atomic E-state index is 13.2. The number of imidazole rings is 1. The summed E-state index contributed by atoms with van der Waals surface area (Å²) in [5, 5.41) is 0. The van der Waals surface area contributed by atoms with E-state index in [1.807, 2.05) is 4.57 Å². The van der Waals surface area contributed by atoms with Gasteiger partial charge in [0, 0.05) is 31.0 Å². The predicted octanol–water partition coefficient (Wildman–Crippen LogP) is 5.01. The summed E-state index contributed by atoms with van der Waals surface area (Å²) >= 11 is 0. The fourth-order valence-corrected chi connectivity index (χ4v) is 3.57. The molecule has 1 aliphatic rings. The monoisotopic (exact) mass is 443 g/mol. The molecular formula is C24H24F3N3O2. The first kappa shape index (κ1) is 21.9. The minimum Gasteiger partial charge on any atom is -0.497 e. The lowest BCUT2D eigenvalue weighted by Crippen LogP contribution is -2.33. The topological polar surface area (TPSA) is 47.4 Å². The number of benzene rings is 2. The van der Waals surface area contributed by atoms with Crippen LogP contribution in [0.4, 0.5) is 13.2 Å². The Hall–Kier alpha value is -3.29. The third-order valence-corrected chi connectivity index (χ3v) is 5.55. The van der Waals surface area contributed by atoms with Gasteiger partial charge in [0.1, 0.15) is 11.6 Å². The Balaban J connectivity index is 1.51. The second-order valence-electron chi connectivity index (χ2n) is 8.03. The van der Waals surface area contributed by atoms with Crippen LogP contribution in [0.1, 0.15) is 40.2 Å². The summed E-state index contributed by atoms with van der Waals surface area (Å²) in [6.45, 7) is 1.33. The van der Waals surface area contributed by atoms with Crippen LogP contribution >= 0.6 is 0 Å². The van der Waals surface area contributed by atoms with Gasteiger partial charge in [0.25, 0.3) is 5.91 Å². The van der Waals surface area contributed by atoms with Gasteiger partial charge in [-0.05, 0) is 54.7 Å². The molecule has 1 amide bonds. The maximum absolute atomic E-state index is 13.2. The van der Waals surface area contributed by atoms with E-state index in [0.717, 1.165) is 30.5 Å². The number of carbonyl (C=O) groups is 1. The summed E-state index contributed by atoms with van der Waals surface area (Å²) in [5.74, 6) is 1.69. The Kier molecular flexibility index (Phi) is 6.21. The van der Waals surface area contributed by atoms with Gasteiger partial charge in [0.05, 0.1) is 19.2 Å². The Morgan fingerprint density at radius 2 is 1.94 bits per heavy atom. The van der Waals surface area contributed by atoms with Crippen LogP contribution in [0.3, 0.4) is 0 Å². The lowest BCUT2D eigenvalue weighted by Gasteiger charge is -2.23. The molecule has 2 aromatic carbocycles. The van der Waals surface area contributed by atoms with Crippen molar-refractivity contribution >= 4 is 5.91 Å². The van der Waals surface area contributed by atoms with Crippen molar-refractivity contribution in [1.29, 1.82) is 0 Å². The SMILES string of the molecule is COc1cccc(C(=O)N(Cc2nccn2Cc2ccc(C(F)(F)F)cc2)CC2CC2)c1. The number of halogens is 3. The van der Waals surface area contributed by atoms with Gasteiger partial charge in [-0.2, -0.15) is 13.2 Å². The van der Waals surface area contributed by atoms with Gasteiger partial charge >= 0.3 is 6.18 Å². The molecule has 1 aliphatic carbocycles. The van der Waals surface area contributed by atoms with E-state index in [4.69, 9.17) is 4.74 Å². The molecule has 1 fully saturated rings. The average molecular weight is 443 g/mol. The third-order valence-electron chi connectivity index (χ3n) is 5.55. The van der Waals surface area contributed by atoms with Gasteiger partial charge in [0.15, 0.2) is 0 Å². The van der Waals surface area contributed by atoms with E-state index >= 15 is 0 Å². The summed E-state index contributed by atoms with van der Waals surface area (Å²) in [6, 6.07) is 12.2. The smallest absolute Gasteiger partial charge is 0.416 e. The van der Waals surface area contributed by atoms with Crippen LogP contribution in [-0.2, 0) is 19.3 Å². The zero-order valence-electron chi connectivity index (χ0n) is 17.7. The molecule has 3 aromatic rings. The summed E-state index contributed by atoms with van der Waals surface area (Å²) in [4.78, 5) is 19.4. The fourth-order valence-electron chi connectivity index (χ4n) is 3.57. The quantitative estimate of drug-likeness (QED) is 0.492. The van der Waals surface area contributed by atoms with Crippen molar-refractivity contribution in [3.8, 4) is 5.75 Å². The molecule has 1 saturated carbocycles. The van der Waals surface area contributed by atoms with Crippen LogP contribution in [0, 0.1) is 5.92 Å². The first-order chi connectivity index (χ1) is 15.3. The van der Waals surface area contributed by atoms with E-state index < -0.39 is 11.7 Å². The van der Waals surface area contributed by atoms with Crippen LogP contribution in [0.5, 0.6) is 5.75 Å². The number of methoxy groups -OCH3 is 1. The number of hydrogen-bond acceptors (Lipinski definition) is 3. The van der Waals surface area contributed by atoms with Crippen molar-refractivity contribution in [2.45, 2.75) is 32.1 Å². The molecule has 4 rings (SSSR count). The number of rotatable bonds is 8. The van der Waals surface area contributed by atoms with Gasteiger partial charge in [-0.25, -0.2) is 4.98 Å². The molecule has 0 saturated heterocycles. The average Bonchev–Trinajstić information content (AvgIpc) is 3.50. The van der Waals surface area contributed by atoms with Crippen LogP contribution in [-0.4, -0.2) is 34.0 Å². The van der Waals surface area contributed by atoms with Crippen molar-refractivity contribution < 1.29 is 22.7 Å². The number of ether oxygens (including phenoxy) is 1. The normalized spacial score (nSPS) is 13.8. The molecule has 5 nitrogen and oxygen atoms in total. The predicted molar refractivity (Wildman–Crippen MR) is 113 cm³/mol. The molecule has 168 valence electrons.